The van der Waals surface area contributed by atoms with Gasteiger partial charge in [-0.1, -0.05) is 12.1 Å². The van der Waals surface area contributed by atoms with Crippen LogP contribution in [0, 0.1) is 0 Å². The first kappa shape index (κ1) is 8.71. The van der Waals surface area contributed by atoms with Crippen LogP contribution in [0.15, 0.2) is 24.3 Å². The molecule has 0 aliphatic carbocycles. The van der Waals surface area contributed by atoms with E-state index in [0.717, 1.165) is 24.3 Å². The van der Waals surface area contributed by atoms with Crippen LogP contribution in [0.1, 0.15) is 10.4 Å². The number of aromatic carboxylic acids is 1. The lowest BCUT2D eigenvalue weighted by Gasteiger charge is -1.96. The lowest BCUT2D eigenvalue weighted by molar-refractivity contribution is 0.0697. The minimum absolute atomic E-state index is 0.0133. The SMILES string of the molecule is O=C(O)c1ccc(B(F)F)cc1. The van der Waals surface area contributed by atoms with E-state index in [9.17, 15) is 13.4 Å². The van der Waals surface area contributed by atoms with Crippen LogP contribution in [0.2, 0.25) is 0 Å². The van der Waals surface area contributed by atoms with E-state index < -0.39 is 13.2 Å². The maximum atomic E-state index is 12.0. The summed E-state index contributed by atoms with van der Waals surface area (Å²) in [6.07, 6.45) is 0. The summed E-state index contributed by atoms with van der Waals surface area (Å²) in [6.45, 7) is 0. The summed E-state index contributed by atoms with van der Waals surface area (Å²) < 4.78 is 23.9. The highest BCUT2D eigenvalue weighted by atomic mass is 19.2. The Bertz CT molecular complexity index is 284. The third kappa shape index (κ3) is 1.81. The maximum absolute atomic E-state index is 12.0. The molecule has 0 aromatic heterocycles. The molecule has 0 unspecified atom stereocenters. The fourth-order valence-electron chi connectivity index (χ4n) is 0.771. The van der Waals surface area contributed by atoms with Crippen LogP contribution in [0.3, 0.4) is 0 Å². The number of rotatable bonds is 2. The average Bonchev–Trinajstić information content (AvgIpc) is 2.04. The summed E-state index contributed by atoms with van der Waals surface area (Å²) >= 11 is 0. The van der Waals surface area contributed by atoms with Crippen molar-refractivity contribution >= 4 is 18.7 Å². The first-order chi connectivity index (χ1) is 5.61. The Labute approximate surface area is 68.0 Å². The molecule has 1 aromatic rings. The van der Waals surface area contributed by atoms with E-state index in [0.29, 0.717) is 0 Å². The molecule has 0 amide bonds. The minimum atomic E-state index is -2.55. The van der Waals surface area contributed by atoms with Gasteiger partial charge in [0, 0.05) is 0 Å². The molecule has 1 N–H and O–H groups in total. The monoisotopic (exact) mass is 170 g/mol. The minimum Gasteiger partial charge on any atom is -0.478 e. The van der Waals surface area contributed by atoms with Gasteiger partial charge in [-0.2, -0.15) is 0 Å². The van der Waals surface area contributed by atoms with E-state index in [1.54, 1.807) is 0 Å². The van der Waals surface area contributed by atoms with E-state index >= 15 is 0 Å². The lowest BCUT2D eigenvalue weighted by atomic mass is 9.86. The van der Waals surface area contributed by atoms with Crippen molar-refractivity contribution in [1.82, 2.24) is 0 Å². The van der Waals surface area contributed by atoms with Gasteiger partial charge in [0.25, 0.3) is 0 Å². The Kier molecular flexibility index (Phi) is 2.42. The smallest absolute Gasteiger partial charge is 0.478 e. The first-order valence-corrected chi connectivity index (χ1v) is 3.22. The van der Waals surface area contributed by atoms with Crippen molar-refractivity contribution in [2.75, 3.05) is 0 Å². The third-order valence-electron chi connectivity index (χ3n) is 1.41. The predicted molar refractivity (Wildman–Crippen MR) is 41.0 cm³/mol. The Hall–Kier alpha value is -1.39. The second-order valence-corrected chi connectivity index (χ2v) is 2.23. The number of carbonyl (C=O) groups is 1. The van der Waals surface area contributed by atoms with E-state index in [2.05, 4.69) is 0 Å². The molecule has 1 rings (SSSR count). The van der Waals surface area contributed by atoms with Crippen molar-refractivity contribution in [3.05, 3.63) is 29.8 Å². The van der Waals surface area contributed by atoms with Crippen LogP contribution < -0.4 is 5.46 Å². The quantitative estimate of drug-likeness (QED) is 0.672. The number of hydrogen-bond donors (Lipinski definition) is 1. The van der Waals surface area contributed by atoms with E-state index in [-0.39, 0.29) is 11.0 Å². The van der Waals surface area contributed by atoms with Gasteiger partial charge in [-0.25, -0.2) is 4.79 Å². The number of benzene rings is 1. The molecule has 0 saturated carbocycles. The molecule has 1 aromatic carbocycles. The zero-order valence-electron chi connectivity index (χ0n) is 6.00. The van der Waals surface area contributed by atoms with Crippen molar-refractivity contribution < 1.29 is 18.5 Å². The van der Waals surface area contributed by atoms with Gasteiger partial charge in [0.15, 0.2) is 0 Å². The molecule has 0 radical (unpaired) electrons. The Balaban J connectivity index is 2.93. The van der Waals surface area contributed by atoms with Crippen molar-refractivity contribution in [2.45, 2.75) is 0 Å². The number of halogens is 2. The van der Waals surface area contributed by atoms with Crippen LogP contribution >= 0.6 is 0 Å². The van der Waals surface area contributed by atoms with Crippen LogP contribution in [0.25, 0.3) is 0 Å². The highest BCUT2D eigenvalue weighted by Gasteiger charge is 2.15. The van der Waals surface area contributed by atoms with Gasteiger partial charge in [0.05, 0.1) is 5.56 Å². The summed E-state index contributed by atoms with van der Waals surface area (Å²) in [4.78, 5) is 10.3. The molecule has 62 valence electrons. The van der Waals surface area contributed by atoms with E-state index in [1.165, 1.54) is 0 Å². The van der Waals surface area contributed by atoms with Gasteiger partial charge in [-0.15, -0.1) is 0 Å². The molecule has 0 atom stereocenters. The molecular weight excluding hydrogens is 165 g/mol. The highest BCUT2D eigenvalue weighted by Crippen LogP contribution is 1.98. The first-order valence-electron chi connectivity index (χ1n) is 3.22. The number of carboxylic acids is 1. The average molecular weight is 170 g/mol. The van der Waals surface area contributed by atoms with Gasteiger partial charge in [-0.05, 0) is 17.6 Å². The van der Waals surface area contributed by atoms with Gasteiger partial charge in [-0.3, -0.25) is 8.63 Å². The third-order valence-corrected chi connectivity index (χ3v) is 1.41. The van der Waals surface area contributed by atoms with Gasteiger partial charge < -0.3 is 5.11 Å². The Morgan fingerprint density at radius 3 is 2.08 bits per heavy atom. The predicted octanol–water partition coefficient (Wildman–Crippen LogP) is 1.02. The van der Waals surface area contributed by atoms with Crippen LogP contribution in [0.4, 0.5) is 8.63 Å². The molecule has 0 bridgehead atoms. The van der Waals surface area contributed by atoms with Crippen molar-refractivity contribution in [3.8, 4) is 0 Å². The summed E-state index contributed by atoms with van der Waals surface area (Å²) in [5.74, 6) is -1.11. The van der Waals surface area contributed by atoms with Crippen LogP contribution in [-0.4, -0.2) is 18.3 Å². The molecule has 0 saturated heterocycles. The van der Waals surface area contributed by atoms with Crippen LogP contribution in [-0.2, 0) is 0 Å². The summed E-state index contributed by atoms with van der Waals surface area (Å²) in [5.41, 5.74) is -0.153. The Morgan fingerprint density at radius 2 is 1.75 bits per heavy atom. The van der Waals surface area contributed by atoms with E-state index in [1.807, 2.05) is 0 Å². The van der Waals surface area contributed by atoms with E-state index in [4.69, 9.17) is 5.11 Å². The van der Waals surface area contributed by atoms with Gasteiger partial charge in [0.2, 0.25) is 0 Å². The fraction of sp³-hybridized carbons (Fsp3) is 0. The molecular formula is C7H5BF2O2. The second kappa shape index (κ2) is 3.34. The number of hydrogen-bond acceptors (Lipinski definition) is 1. The summed E-state index contributed by atoms with van der Waals surface area (Å²) in [6, 6.07) is 4.52. The zero-order chi connectivity index (χ0) is 9.14. The second-order valence-electron chi connectivity index (χ2n) is 2.23. The normalized spacial score (nSPS) is 9.50. The molecule has 0 fully saturated rings. The molecule has 5 heteroatoms. The van der Waals surface area contributed by atoms with Crippen LogP contribution in [0.5, 0.6) is 0 Å². The Morgan fingerprint density at radius 1 is 1.25 bits per heavy atom. The molecule has 12 heavy (non-hydrogen) atoms. The highest BCUT2D eigenvalue weighted by molar-refractivity contribution is 6.59. The van der Waals surface area contributed by atoms with Crippen molar-refractivity contribution in [3.63, 3.8) is 0 Å². The lowest BCUT2D eigenvalue weighted by Crippen LogP contribution is -2.20. The zero-order valence-corrected chi connectivity index (χ0v) is 6.00. The van der Waals surface area contributed by atoms with Gasteiger partial charge >= 0.3 is 13.2 Å². The summed E-state index contributed by atoms with van der Waals surface area (Å²) in [7, 11) is -2.55. The van der Waals surface area contributed by atoms with Crippen molar-refractivity contribution in [2.24, 2.45) is 0 Å². The fourth-order valence-corrected chi connectivity index (χ4v) is 0.771. The summed E-state index contributed by atoms with van der Waals surface area (Å²) in [5, 5.41) is 8.43. The topological polar surface area (TPSA) is 37.3 Å². The molecule has 0 spiro atoms. The largest absolute Gasteiger partial charge is 0.571 e. The molecule has 0 aliphatic rings. The molecule has 0 heterocycles. The standard InChI is InChI=1S/C7H5BF2O2/c9-8(10)6-3-1-5(2-4-6)7(11)12/h1-4H,(H,11,12). The maximum Gasteiger partial charge on any atom is 0.571 e. The van der Waals surface area contributed by atoms with Crippen molar-refractivity contribution in [1.29, 1.82) is 0 Å². The number of carboxylic acid groups (broad SMARTS) is 1. The molecule has 2 nitrogen and oxygen atoms in total. The van der Waals surface area contributed by atoms with Gasteiger partial charge in [0.1, 0.15) is 0 Å². The molecule has 0 aliphatic heterocycles.